The molecule has 0 unspecified atom stereocenters. The molecule has 0 radical (unpaired) electrons. The Morgan fingerprint density at radius 2 is 2.05 bits per heavy atom. The summed E-state index contributed by atoms with van der Waals surface area (Å²) in [6.45, 7) is 0. The number of anilines is 1. The molecule has 0 saturated carbocycles. The summed E-state index contributed by atoms with van der Waals surface area (Å²) in [6, 6.07) is 2.35. The van der Waals surface area contributed by atoms with Gasteiger partial charge in [-0.3, -0.25) is 9.78 Å². The van der Waals surface area contributed by atoms with Crippen molar-refractivity contribution in [2.75, 3.05) is 5.32 Å². The summed E-state index contributed by atoms with van der Waals surface area (Å²) in [6.07, 6.45) is 9.58. The van der Waals surface area contributed by atoms with Gasteiger partial charge in [-0.05, 0) is 36.5 Å². The number of hydrogen-bond acceptors (Lipinski definition) is 5. The largest absolute Gasteiger partial charge is 0.366 e. The molecule has 3 rings (SSSR count). The van der Waals surface area contributed by atoms with Gasteiger partial charge in [-0.1, -0.05) is 0 Å². The normalized spacial score (nSPS) is 17.3. The smallest absolute Gasteiger partial charge is 0.251 e. The van der Waals surface area contributed by atoms with Crippen LogP contribution in [0.4, 0.5) is 5.95 Å². The van der Waals surface area contributed by atoms with Gasteiger partial charge in [0.25, 0.3) is 5.91 Å². The minimum atomic E-state index is -0.518. The lowest BCUT2D eigenvalue weighted by Gasteiger charge is -2.25. The molecular weight excluding hydrogens is 254 g/mol. The van der Waals surface area contributed by atoms with Gasteiger partial charge in [0.2, 0.25) is 5.95 Å². The number of nitrogens with zero attached hydrogens (tertiary/aromatic N) is 3. The van der Waals surface area contributed by atoms with E-state index in [4.69, 9.17) is 5.73 Å². The number of carbonyl (C=O) groups is 1. The molecular formula is C14H15N5O. The molecule has 2 heterocycles. The molecule has 20 heavy (non-hydrogen) atoms. The van der Waals surface area contributed by atoms with Gasteiger partial charge in [0.15, 0.2) is 0 Å². The summed E-state index contributed by atoms with van der Waals surface area (Å²) in [7, 11) is 0. The molecule has 1 amide bonds. The number of pyridine rings is 1. The maximum absolute atomic E-state index is 11.0. The molecule has 0 bridgehead atoms. The fourth-order valence-corrected chi connectivity index (χ4v) is 2.41. The van der Waals surface area contributed by atoms with Crippen LogP contribution in [0.15, 0.2) is 30.9 Å². The molecule has 0 spiro atoms. The monoisotopic (exact) mass is 269 g/mol. The predicted octanol–water partition coefficient (Wildman–Crippen LogP) is 0.940. The van der Waals surface area contributed by atoms with E-state index in [1.807, 2.05) is 12.4 Å². The zero-order valence-corrected chi connectivity index (χ0v) is 10.9. The molecule has 6 heteroatoms. The van der Waals surface area contributed by atoms with Gasteiger partial charge < -0.3 is 11.1 Å². The van der Waals surface area contributed by atoms with Crippen LogP contribution in [0, 0.1) is 0 Å². The number of nitrogens with one attached hydrogen (secondary N) is 1. The van der Waals surface area contributed by atoms with Crippen molar-refractivity contribution in [3.63, 3.8) is 0 Å². The van der Waals surface area contributed by atoms with Gasteiger partial charge in [-0.25, -0.2) is 9.97 Å². The molecule has 0 saturated heterocycles. The number of aromatic nitrogens is 3. The molecule has 1 aliphatic rings. The second kappa shape index (κ2) is 5.24. The van der Waals surface area contributed by atoms with Crippen LogP contribution in [0.25, 0.3) is 0 Å². The quantitative estimate of drug-likeness (QED) is 0.864. The Balaban J connectivity index is 1.69. The summed E-state index contributed by atoms with van der Waals surface area (Å²) in [5, 5.41) is 3.29. The van der Waals surface area contributed by atoms with E-state index < -0.39 is 5.91 Å². The Labute approximate surface area is 116 Å². The lowest BCUT2D eigenvalue weighted by atomic mass is 9.90. The second-order valence-electron chi connectivity index (χ2n) is 4.89. The van der Waals surface area contributed by atoms with E-state index in [9.17, 15) is 4.79 Å². The van der Waals surface area contributed by atoms with E-state index in [0.29, 0.717) is 17.6 Å². The minimum absolute atomic E-state index is 0.296. The molecule has 0 aliphatic heterocycles. The van der Waals surface area contributed by atoms with Crippen LogP contribution in [0.3, 0.4) is 0 Å². The Kier molecular flexibility index (Phi) is 3.28. The van der Waals surface area contributed by atoms with Crippen molar-refractivity contribution >= 4 is 11.9 Å². The molecule has 0 aromatic carbocycles. The highest BCUT2D eigenvalue weighted by molar-refractivity contribution is 5.92. The maximum Gasteiger partial charge on any atom is 0.251 e. The Bertz CT molecular complexity index is 626. The minimum Gasteiger partial charge on any atom is -0.366 e. The van der Waals surface area contributed by atoms with Crippen molar-refractivity contribution in [1.29, 1.82) is 0 Å². The van der Waals surface area contributed by atoms with Crippen molar-refractivity contribution < 1.29 is 4.79 Å². The number of carbonyl (C=O) groups excluding carboxylic acids is 1. The summed E-state index contributed by atoms with van der Waals surface area (Å²) in [4.78, 5) is 23.3. The third-order valence-corrected chi connectivity index (χ3v) is 3.50. The maximum atomic E-state index is 11.0. The Hall–Kier alpha value is -2.50. The first-order valence-corrected chi connectivity index (χ1v) is 6.52. The van der Waals surface area contributed by atoms with Crippen LogP contribution in [-0.2, 0) is 12.8 Å². The van der Waals surface area contributed by atoms with Crippen LogP contribution in [0.1, 0.15) is 27.9 Å². The average Bonchev–Trinajstić information content (AvgIpc) is 2.48. The van der Waals surface area contributed by atoms with Crippen molar-refractivity contribution in [1.82, 2.24) is 15.0 Å². The highest BCUT2D eigenvalue weighted by atomic mass is 16.1. The SMILES string of the molecule is NC(=O)c1cnc(N[C@@H]2CCc3cnccc3C2)nc1. The highest BCUT2D eigenvalue weighted by Crippen LogP contribution is 2.21. The predicted molar refractivity (Wildman–Crippen MR) is 74.2 cm³/mol. The average molecular weight is 269 g/mol. The molecule has 1 atom stereocenters. The van der Waals surface area contributed by atoms with Gasteiger partial charge in [0.1, 0.15) is 0 Å². The Morgan fingerprint density at radius 1 is 1.25 bits per heavy atom. The fraction of sp³-hybridized carbons (Fsp3) is 0.286. The third kappa shape index (κ3) is 2.59. The van der Waals surface area contributed by atoms with Crippen LogP contribution in [0.5, 0.6) is 0 Å². The molecule has 2 aromatic rings. The summed E-state index contributed by atoms with van der Waals surface area (Å²) in [5.74, 6) is 0.00755. The van der Waals surface area contributed by atoms with Crippen molar-refractivity contribution in [3.05, 3.63) is 47.5 Å². The number of aryl methyl sites for hydroxylation is 1. The van der Waals surface area contributed by atoms with E-state index in [1.165, 1.54) is 23.5 Å². The standard InChI is InChI=1S/C14H15N5O/c15-13(20)11-7-17-14(18-8-11)19-12-2-1-10-6-16-4-3-9(10)5-12/h3-4,6-8,12H,1-2,5H2,(H2,15,20)(H,17,18,19)/t12-/m1/s1. The number of hydrogen-bond donors (Lipinski definition) is 2. The first-order valence-electron chi connectivity index (χ1n) is 6.52. The number of rotatable bonds is 3. The molecule has 2 aromatic heterocycles. The number of fused-ring (bicyclic) bond motifs is 1. The molecule has 3 N–H and O–H groups in total. The highest BCUT2D eigenvalue weighted by Gasteiger charge is 2.19. The second-order valence-corrected chi connectivity index (χ2v) is 4.89. The van der Waals surface area contributed by atoms with Gasteiger partial charge in [-0.2, -0.15) is 0 Å². The molecule has 1 aliphatic carbocycles. The molecule has 102 valence electrons. The van der Waals surface area contributed by atoms with Gasteiger partial charge in [0, 0.05) is 30.8 Å². The first-order chi connectivity index (χ1) is 9.72. The van der Waals surface area contributed by atoms with E-state index in [-0.39, 0.29) is 0 Å². The van der Waals surface area contributed by atoms with Crippen molar-refractivity contribution in [3.8, 4) is 0 Å². The molecule has 6 nitrogen and oxygen atoms in total. The topological polar surface area (TPSA) is 93.8 Å². The molecule has 0 fully saturated rings. The van der Waals surface area contributed by atoms with E-state index >= 15 is 0 Å². The van der Waals surface area contributed by atoms with Gasteiger partial charge >= 0.3 is 0 Å². The fourth-order valence-electron chi connectivity index (χ4n) is 2.41. The van der Waals surface area contributed by atoms with Crippen molar-refractivity contribution in [2.45, 2.75) is 25.3 Å². The number of amides is 1. The van der Waals surface area contributed by atoms with Crippen LogP contribution < -0.4 is 11.1 Å². The van der Waals surface area contributed by atoms with E-state index in [0.717, 1.165) is 19.3 Å². The van der Waals surface area contributed by atoms with E-state index in [1.54, 1.807) is 0 Å². The zero-order valence-electron chi connectivity index (χ0n) is 10.9. The van der Waals surface area contributed by atoms with Crippen molar-refractivity contribution in [2.24, 2.45) is 5.73 Å². The number of primary amides is 1. The third-order valence-electron chi connectivity index (χ3n) is 3.50. The lowest BCUT2D eigenvalue weighted by molar-refractivity contribution is 0.0999. The zero-order chi connectivity index (χ0) is 13.9. The summed E-state index contributed by atoms with van der Waals surface area (Å²) >= 11 is 0. The Morgan fingerprint density at radius 3 is 2.80 bits per heavy atom. The van der Waals surface area contributed by atoms with E-state index in [2.05, 4.69) is 26.3 Å². The van der Waals surface area contributed by atoms with Crippen LogP contribution >= 0.6 is 0 Å². The summed E-state index contributed by atoms with van der Waals surface area (Å²) in [5.41, 5.74) is 8.10. The van der Waals surface area contributed by atoms with Crippen LogP contribution in [0.2, 0.25) is 0 Å². The first kappa shape index (κ1) is 12.5. The lowest BCUT2D eigenvalue weighted by Crippen LogP contribution is -2.28. The number of nitrogens with two attached hydrogens (primary N) is 1. The van der Waals surface area contributed by atoms with Crippen LogP contribution in [-0.4, -0.2) is 26.9 Å². The van der Waals surface area contributed by atoms with Gasteiger partial charge in [0.05, 0.1) is 5.56 Å². The van der Waals surface area contributed by atoms with Gasteiger partial charge in [-0.15, -0.1) is 0 Å². The summed E-state index contributed by atoms with van der Waals surface area (Å²) < 4.78 is 0.